The number of rotatable bonds is 1. The Labute approximate surface area is 154 Å². The van der Waals surface area contributed by atoms with Gasteiger partial charge < -0.3 is 10.2 Å². The molecule has 0 amide bonds. The molecule has 0 bridgehead atoms. The molecule has 3 fully saturated rings. The molecule has 0 heterocycles. The molecule has 4 heteroatoms. The predicted octanol–water partition coefficient (Wildman–Crippen LogP) is 3.52. The molecule has 2 N–H and O–H groups in total. The van der Waals surface area contributed by atoms with Crippen LogP contribution in [0.5, 0.6) is 0 Å². The monoisotopic (exact) mass is 356 g/mol. The molecule has 0 aromatic carbocycles. The van der Waals surface area contributed by atoms with Gasteiger partial charge in [-0.25, -0.2) is 0 Å². The van der Waals surface area contributed by atoms with Crippen molar-refractivity contribution in [1.29, 1.82) is 0 Å². The molecule has 4 aliphatic rings. The van der Waals surface area contributed by atoms with Gasteiger partial charge in [0.25, 0.3) is 0 Å². The van der Waals surface area contributed by atoms with Crippen molar-refractivity contribution in [2.24, 2.45) is 34.5 Å². The minimum Gasteiger partial charge on any atom is -0.505 e. The van der Waals surface area contributed by atoms with Crippen LogP contribution < -0.4 is 0 Å². The Hall–Kier alpha value is -1.68. The summed E-state index contributed by atoms with van der Waals surface area (Å²) >= 11 is 0. The topological polar surface area (TPSA) is 74.6 Å². The third kappa shape index (κ3) is 2.17. The number of hydrogen-bond acceptors (Lipinski definition) is 4. The number of carbonyl (C=O) groups is 2. The van der Waals surface area contributed by atoms with Gasteiger partial charge in [0.05, 0.1) is 6.10 Å². The summed E-state index contributed by atoms with van der Waals surface area (Å²) in [5.41, 5.74) is 1.36. The van der Waals surface area contributed by atoms with Crippen LogP contribution in [0.25, 0.3) is 0 Å². The van der Waals surface area contributed by atoms with E-state index >= 15 is 0 Å². The fourth-order valence-corrected chi connectivity index (χ4v) is 7.09. The minimum absolute atomic E-state index is 0.0432. The Bertz CT molecular complexity index is 760. The number of ketones is 1. The Balaban J connectivity index is 1.79. The van der Waals surface area contributed by atoms with E-state index in [0.717, 1.165) is 30.4 Å². The van der Waals surface area contributed by atoms with Crippen molar-refractivity contribution in [3.05, 3.63) is 35.1 Å². The number of aliphatic hydroxyl groups is 2. The zero-order valence-corrected chi connectivity index (χ0v) is 15.7. The molecule has 26 heavy (non-hydrogen) atoms. The molecule has 0 spiro atoms. The van der Waals surface area contributed by atoms with Crippen LogP contribution in [0.1, 0.15) is 46.5 Å². The van der Waals surface area contributed by atoms with E-state index in [4.69, 9.17) is 0 Å². The fourth-order valence-electron chi connectivity index (χ4n) is 7.09. The van der Waals surface area contributed by atoms with Crippen LogP contribution in [-0.4, -0.2) is 28.4 Å². The zero-order chi connectivity index (χ0) is 18.9. The van der Waals surface area contributed by atoms with E-state index in [1.807, 2.05) is 6.08 Å². The van der Waals surface area contributed by atoms with Crippen LogP contribution in [0.3, 0.4) is 0 Å². The summed E-state index contributed by atoms with van der Waals surface area (Å²) in [6, 6.07) is 0. The summed E-state index contributed by atoms with van der Waals surface area (Å²) in [5, 5.41) is 21.5. The standard InChI is InChI=1S/C22H28O4/c1-12-8-16-15-5-4-13-9-14(24)6-7-21(13,2)20(15)17(25)10-22(16,3)19(12)18(26)11-23/h6-7,9,11-12,15-17,20,25-26H,4-5,8,10H2,1-3H3/b19-18-/t12-,15-,16?,17-,20?,21-,22-/m0/s1. The van der Waals surface area contributed by atoms with E-state index < -0.39 is 6.10 Å². The average molecular weight is 356 g/mol. The summed E-state index contributed by atoms with van der Waals surface area (Å²) in [5.74, 6) is 0.792. The Morgan fingerprint density at radius 3 is 2.77 bits per heavy atom. The Morgan fingerprint density at radius 2 is 2.08 bits per heavy atom. The van der Waals surface area contributed by atoms with E-state index in [9.17, 15) is 19.8 Å². The molecule has 4 rings (SSSR count). The molecule has 0 aromatic rings. The van der Waals surface area contributed by atoms with Crippen molar-refractivity contribution < 1.29 is 19.8 Å². The molecule has 7 atom stereocenters. The number of aldehydes is 1. The minimum atomic E-state index is -0.521. The first kappa shape index (κ1) is 17.7. The van der Waals surface area contributed by atoms with Gasteiger partial charge in [-0.1, -0.05) is 32.4 Å². The molecular formula is C22H28O4. The quantitative estimate of drug-likeness (QED) is 0.428. The molecule has 0 saturated heterocycles. The lowest BCUT2D eigenvalue weighted by molar-refractivity contribution is -0.112. The highest BCUT2D eigenvalue weighted by Crippen LogP contribution is 2.67. The highest BCUT2D eigenvalue weighted by atomic mass is 16.3. The number of carbonyl (C=O) groups excluding carboxylic acids is 2. The van der Waals surface area contributed by atoms with Gasteiger partial charge in [-0.05, 0) is 66.6 Å². The van der Waals surface area contributed by atoms with Crippen molar-refractivity contribution in [2.45, 2.75) is 52.6 Å². The van der Waals surface area contributed by atoms with Gasteiger partial charge >= 0.3 is 0 Å². The molecule has 140 valence electrons. The van der Waals surface area contributed by atoms with Crippen LogP contribution >= 0.6 is 0 Å². The van der Waals surface area contributed by atoms with E-state index in [0.29, 0.717) is 24.5 Å². The van der Waals surface area contributed by atoms with E-state index in [-0.39, 0.29) is 34.2 Å². The summed E-state index contributed by atoms with van der Waals surface area (Å²) in [6.07, 6.45) is 8.77. The van der Waals surface area contributed by atoms with Gasteiger partial charge in [0.15, 0.2) is 17.8 Å². The summed E-state index contributed by atoms with van der Waals surface area (Å²) in [6.45, 7) is 6.35. The van der Waals surface area contributed by atoms with Crippen LogP contribution in [-0.2, 0) is 9.59 Å². The van der Waals surface area contributed by atoms with Crippen molar-refractivity contribution >= 4 is 12.1 Å². The van der Waals surface area contributed by atoms with E-state index in [1.165, 1.54) is 0 Å². The third-order valence-electron chi connectivity index (χ3n) is 7.99. The van der Waals surface area contributed by atoms with Crippen LogP contribution in [0.2, 0.25) is 0 Å². The fraction of sp³-hybridized carbons (Fsp3) is 0.636. The van der Waals surface area contributed by atoms with Gasteiger partial charge in [0.1, 0.15) is 0 Å². The average Bonchev–Trinajstić information content (AvgIpc) is 2.84. The van der Waals surface area contributed by atoms with E-state index in [1.54, 1.807) is 12.2 Å². The third-order valence-corrected chi connectivity index (χ3v) is 7.99. The molecule has 4 nitrogen and oxygen atoms in total. The van der Waals surface area contributed by atoms with Crippen molar-refractivity contribution in [3.8, 4) is 0 Å². The maximum absolute atomic E-state index is 11.8. The second-order valence-corrected chi connectivity index (χ2v) is 9.27. The maximum atomic E-state index is 11.8. The number of aliphatic hydroxyl groups excluding tert-OH is 2. The molecule has 2 unspecified atom stereocenters. The largest absolute Gasteiger partial charge is 0.505 e. The molecule has 0 radical (unpaired) electrons. The van der Waals surface area contributed by atoms with Gasteiger partial charge in [-0.3, -0.25) is 9.59 Å². The van der Waals surface area contributed by atoms with Crippen molar-refractivity contribution in [1.82, 2.24) is 0 Å². The van der Waals surface area contributed by atoms with Crippen molar-refractivity contribution in [3.63, 3.8) is 0 Å². The Kier molecular flexibility index (Phi) is 3.85. The molecule has 0 aromatic heterocycles. The highest BCUT2D eigenvalue weighted by molar-refractivity contribution is 6.01. The predicted molar refractivity (Wildman–Crippen MR) is 98.3 cm³/mol. The van der Waals surface area contributed by atoms with Gasteiger partial charge in [0.2, 0.25) is 0 Å². The van der Waals surface area contributed by atoms with Crippen LogP contribution in [0.4, 0.5) is 0 Å². The SMILES string of the molecule is C[C@H]1CC2[C@@H]3CCC4=CC(=O)C=C[C@]4(C)C3[C@@H](O)C[C@]2(C)/C1=C(\O)C=O. The number of allylic oxidation sites excluding steroid dienone is 6. The van der Waals surface area contributed by atoms with E-state index in [2.05, 4.69) is 20.8 Å². The van der Waals surface area contributed by atoms with Gasteiger partial charge in [0, 0.05) is 11.3 Å². The Morgan fingerprint density at radius 1 is 1.35 bits per heavy atom. The maximum Gasteiger partial charge on any atom is 0.184 e. The molecule has 3 saturated carbocycles. The number of fused-ring (bicyclic) bond motifs is 5. The van der Waals surface area contributed by atoms with Crippen LogP contribution in [0.15, 0.2) is 35.1 Å². The molecule has 4 aliphatic carbocycles. The second kappa shape index (κ2) is 5.66. The first-order valence-electron chi connectivity index (χ1n) is 9.73. The first-order valence-corrected chi connectivity index (χ1v) is 9.73. The molecular weight excluding hydrogens is 328 g/mol. The zero-order valence-electron chi connectivity index (χ0n) is 15.7. The smallest absolute Gasteiger partial charge is 0.184 e. The summed E-state index contributed by atoms with van der Waals surface area (Å²) < 4.78 is 0. The van der Waals surface area contributed by atoms with Crippen molar-refractivity contribution in [2.75, 3.05) is 0 Å². The molecule has 0 aliphatic heterocycles. The lowest BCUT2D eigenvalue weighted by Crippen LogP contribution is -2.55. The second-order valence-electron chi connectivity index (χ2n) is 9.27. The normalized spacial score (nSPS) is 49.0. The summed E-state index contributed by atoms with van der Waals surface area (Å²) in [4.78, 5) is 23.1. The lowest BCUT2D eigenvalue weighted by Gasteiger charge is -2.58. The first-order chi connectivity index (χ1) is 12.2. The highest BCUT2D eigenvalue weighted by Gasteiger charge is 2.62. The van der Waals surface area contributed by atoms with Crippen LogP contribution in [0, 0.1) is 34.5 Å². The summed E-state index contributed by atoms with van der Waals surface area (Å²) in [7, 11) is 0. The lowest BCUT2D eigenvalue weighted by atomic mass is 9.47. The number of hydrogen-bond donors (Lipinski definition) is 2. The van der Waals surface area contributed by atoms with Gasteiger partial charge in [-0.15, -0.1) is 0 Å². The van der Waals surface area contributed by atoms with Gasteiger partial charge in [-0.2, -0.15) is 0 Å².